The van der Waals surface area contributed by atoms with Gasteiger partial charge in [-0.15, -0.1) is 11.3 Å². The summed E-state index contributed by atoms with van der Waals surface area (Å²) >= 11 is 1.37. The number of Topliss-reactive ketones (excluding diaryl/α,β-unsaturated/α-hetero) is 1. The number of thiophene rings is 1. The van der Waals surface area contributed by atoms with Crippen molar-refractivity contribution in [2.45, 2.75) is 70.9 Å². The van der Waals surface area contributed by atoms with Crippen LogP contribution in [0.3, 0.4) is 0 Å². The first-order valence-corrected chi connectivity index (χ1v) is 14.0. The number of aryl methyl sites for hydroxylation is 3. The third kappa shape index (κ3) is 8.18. The molecule has 1 N–H and O–H groups in total. The van der Waals surface area contributed by atoms with Crippen LogP contribution < -0.4 is 9.46 Å². The molecule has 0 radical (unpaired) electrons. The molecular weight excluding hydrogens is 468 g/mol. The predicted octanol–water partition coefficient (Wildman–Crippen LogP) is 5.28. The van der Waals surface area contributed by atoms with Crippen LogP contribution in [0, 0.1) is 19.3 Å². The number of ether oxygens (including phenoxy) is 1. The predicted molar refractivity (Wildman–Crippen MR) is 140 cm³/mol. The zero-order valence-electron chi connectivity index (χ0n) is 21.8. The Labute approximate surface area is 209 Å². The van der Waals surface area contributed by atoms with Gasteiger partial charge in [0.2, 0.25) is 0 Å². The highest BCUT2D eigenvalue weighted by atomic mass is 32.2. The molecule has 0 aliphatic heterocycles. The van der Waals surface area contributed by atoms with Crippen molar-refractivity contribution >= 4 is 27.1 Å². The van der Waals surface area contributed by atoms with Gasteiger partial charge in [0.15, 0.2) is 5.78 Å². The van der Waals surface area contributed by atoms with Crippen LogP contribution in [-0.4, -0.2) is 46.5 Å². The van der Waals surface area contributed by atoms with E-state index in [4.69, 9.17) is 4.74 Å². The molecule has 1 aromatic heterocycles. The summed E-state index contributed by atoms with van der Waals surface area (Å²) in [5, 5.41) is 0. The summed E-state index contributed by atoms with van der Waals surface area (Å²) in [6, 6.07) is 8.16. The van der Waals surface area contributed by atoms with Gasteiger partial charge in [-0.3, -0.25) is 9.69 Å². The van der Waals surface area contributed by atoms with Crippen molar-refractivity contribution in [1.29, 1.82) is 0 Å². The normalized spacial score (nSPS) is 13.3. The molecule has 0 aliphatic carbocycles. The zero-order valence-corrected chi connectivity index (χ0v) is 23.5. The molecular formula is C26H40N2O4S2. The minimum atomic E-state index is -3.48. The van der Waals surface area contributed by atoms with Crippen molar-refractivity contribution in [2.24, 2.45) is 5.41 Å². The highest BCUT2D eigenvalue weighted by Gasteiger charge is 2.22. The molecule has 2 aromatic rings. The maximum absolute atomic E-state index is 12.6. The lowest BCUT2D eigenvalue weighted by molar-refractivity contribution is -0.128. The van der Waals surface area contributed by atoms with Gasteiger partial charge < -0.3 is 4.74 Å². The van der Waals surface area contributed by atoms with Crippen LogP contribution in [0.2, 0.25) is 0 Å². The number of nitrogens with zero attached hydrogens (tertiary/aromatic N) is 1. The number of nitrogens with one attached hydrogen (secondary N) is 1. The van der Waals surface area contributed by atoms with Crippen molar-refractivity contribution < 1.29 is 17.9 Å². The molecule has 2 rings (SSSR count). The summed E-state index contributed by atoms with van der Waals surface area (Å²) in [6.07, 6.45) is 2.83. The highest BCUT2D eigenvalue weighted by molar-refractivity contribution is 7.91. The van der Waals surface area contributed by atoms with Crippen LogP contribution in [0.25, 0.3) is 0 Å². The van der Waals surface area contributed by atoms with Crippen molar-refractivity contribution in [3.63, 3.8) is 0 Å². The summed E-state index contributed by atoms with van der Waals surface area (Å²) in [7, 11) is 0.169. The van der Waals surface area contributed by atoms with Gasteiger partial charge in [0.1, 0.15) is 16.6 Å². The lowest BCUT2D eigenvalue weighted by atomic mass is 9.91. The fourth-order valence-corrected chi connectivity index (χ4v) is 6.37. The molecule has 1 atom stereocenters. The van der Waals surface area contributed by atoms with Crippen LogP contribution in [0.4, 0.5) is 0 Å². The fourth-order valence-electron chi connectivity index (χ4n) is 3.45. The van der Waals surface area contributed by atoms with Crippen molar-refractivity contribution in [1.82, 2.24) is 9.62 Å². The Kier molecular flexibility index (Phi) is 9.89. The molecule has 190 valence electrons. The molecule has 0 saturated heterocycles. The first kappa shape index (κ1) is 28.5. The minimum Gasteiger partial charge on any atom is -0.486 e. The number of hydrogen-bond acceptors (Lipinski definition) is 6. The molecule has 0 aliphatic rings. The van der Waals surface area contributed by atoms with Gasteiger partial charge in [0.25, 0.3) is 10.0 Å². The molecule has 1 unspecified atom stereocenters. The lowest BCUT2D eigenvalue weighted by Crippen LogP contribution is -2.32. The van der Waals surface area contributed by atoms with Crippen LogP contribution in [0.15, 0.2) is 28.5 Å². The van der Waals surface area contributed by atoms with Gasteiger partial charge in [0.05, 0.1) is 6.67 Å². The Hall–Kier alpha value is -1.74. The smallest absolute Gasteiger partial charge is 0.251 e. The molecule has 0 saturated carbocycles. The molecule has 6 nitrogen and oxygen atoms in total. The second-order valence-corrected chi connectivity index (χ2v) is 13.4. The van der Waals surface area contributed by atoms with Crippen LogP contribution in [0.1, 0.15) is 68.0 Å². The molecule has 34 heavy (non-hydrogen) atoms. The van der Waals surface area contributed by atoms with Gasteiger partial charge in [-0.25, -0.2) is 8.42 Å². The van der Waals surface area contributed by atoms with Gasteiger partial charge in [-0.05, 0) is 81.9 Å². The van der Waals surface area contributed by atoms with Crippen molar-refractivity contribution in [3.05, 3.63) is 45.8 Å². The van der Waals surface area contributed by atoms with E-state index in [2.05, 4.69) is 23.8 Å². The monoisotopic (exact) mass is 508 g/mol. The van der Waals surface area contributed by atoms with Crippen LogP contribution >= 0.6 is 11.3 Å². The average molecular weight is 509 g/mol. The van der Waals surface area contributed by atoms with E-state index in [1.807, 2.05) is 60.8 Å². The van der Waals surface area contributed by atoms with E-state index in [-0.39, 0.29) is 19.1 Å². The Morgan fingerprint density at radius 1 is 1.15 bits per heavy atom. The number of carbonyl (C=O) groups excluding carboxylic acids is 1. The van der Waals surface area contributed by atoms with E-state index in [9.17, 15) is 13.2 Å². The first-order chi connectivity index (χ1) is 15.7. The molecule has 0 fully saturated rings. The van der Waals surface area contributed by atoms with Crippen LogP contribution in [-0.2, 0) is 21.2 Å². The van der Waals surface area contributed by atoms with Crippen molar-refractivity contribution in [3.8, 4) is 5.75 Å². The number of ketones is 1. The third-order valence-corrected chi connectivity index (χ3v) is 9.08. The summed E-state index contributed by atoms with van der Waals surface area (Å²) in [5.74, 6) is 1.20. The highest BCUT2D eigenvalue weighted by Crippen LogP contribution is 2.30. The molecule has 1 heterocycles. The maximum atomic E-state index is 12.6. The van der Waals surface area contributed by atoms with Gasteiger partial charge in [0, 0.05) is 10.3 Å². The van der Waals surface area contributed by atoms with Gasteiger partial charge >= 0.3 is 0 Å². The number of hydrogen-bond donors (Lipinski definition) is 1. The number of benzene rings is 1. The van der Waals surface area contributed by atoms with E-state index in [0.717, 1.165) is 41.0 Å². The average Bonchev–Trinajstić information content (AvgIpc) is 3.11. The quantitative estimate of drug-likeness (QED) is 0.395. The summed E-state index contributed by atoms with van der Waals surface area (Å²) < 4.78 is 34.0. The minimum absolute atomic E-state index is 0.0811. The summed E-state index contributed by atoms with van der Waals surface area (Å²) in [4.78, 5) is 15.0. The number of rotatable bonds is 12. The van der Waals surface area contributed by atoms with E-state index in [0.29, 0.717) is 10.1 Å². The van der Waals surface area contributed by atoms with E-state index in [1.165, 1.54) is 16.9 Å². The Bertz CT molecular complexity index is 1080. The standard InChI is InChI=1S/C26H40N2O4S2/c1-18(21-12-13-23(19(2)14-21)32-16-24(29)26(4,5)6)10-9-11-22-15-20(3)25(33-22)34(30,31)27-17-28(7)8/h12-15,18,27H,9-11,16-17H2,1-8H3. The van der Waals surface area contributed by atoms with Gasteiger partial charge in [-0.1, -0.05) is 39.8 Å². The fraction of sp³-hybridized carbons (Fsp3) is 0.577. The molecule has 0 bridgehead atoms. The third-order valence-electron chi connectivity index (χ3n) is 5.76. The topological polar surface area (TPSA) is 75.7 Å². The SMILES string of the molecule is Cc1cc(C(C)CCCc2cc(C)c(S(=O)(=O)NCN(C)C)s2)ccc1OCC(=O)C(C)(C)C. The van der Waals surface area contributed by atoms with Crippen molar-refractivity contribution in [2.75, 3.05) is 27.4 Å². The Morgan fingerprint density at radius 3 is 2.41 bits per heavy atom. The number of sulfonamides is 1. The molecule has 1 aromatic carbocycles. The van der Waals surface area contributed by atoms with Gasteiger partial charge in [-0.2, -0.15) is 4.72 Å². The second-order valence-electron chi connectivity index (χ2n) is 10.3. The molecule has 0 spiro atoms. The lowest BCUT2D eigenvalue weighted by Gasteiger charge is -2.18. The molecule has 0 amide bonds. The van der Waals surface area contributed by atoms with Crippen LogP contribution in [0.5, 0.6) is 5.75 Å². The zero-order chi connectivity index (χ0) is 25.7. The summed E-state index contributed by atoms with van der Waals surface area (Å²) in [6.45, 7) is 12.1. The Balaban J connectivity index is 1.92. The molecule has 8 heteroatoms. The van der Waals surface area contributed by atoms with E-state index < -0.39 is 15.4 Å². The van der Waals surface area contributed by atoms with E-state index in [1.54, 1.807) is 4.90 Å². The summed E-state index contributed by atoms with van der Waals surface area (Å²) in [5.41, 5.74) is 2.66. The maximum Gasteiger partial charge on any atom is 0.251 e. The number of carbonyl (C=O) groups is 1. The second kappa shape index (κ2) is 11.8. The first-order valence-electron chi connectivity index (χ1n) is 11.7. The van der Waals surface area contributed by atoms with E-state index >= 15 is 0 Å². The Morgan fingerprint density at radius 2 is 1.82 bits per heavy atom. The largest absolute Gasteiger partial charge is 0.486 e.